The lowest BCUT2D eigenvalue weighted by Gasteiger charge is -2.27. The average Bonchev–Trinajstić information content (AvgIpc) is 2.49. The van der Waals surface area contributed by atoms with Gasteiger partial charge in [0.2, 0.25) is 0 Å². The first kappa shape index (κ1) is 17.2. The van der Waals surface area contributed by atoms with Gasteiger partial charge < -0.3 is 9.84 Å². The van der Waals surface area contributed by atoms with E-state index in [1.807, 2.05) is 18.2 Å². The molecule has 0 saturated carbocycles. The fourth-order valence-electron chi connectivity index (χ4n) is 2.25. The van der Waals surface area contributed by atoms with Gasteiger partial charge in [-0.15, -0.1) is 0 Å². The molecule has 0 aliphatic heterocycles. The van der Waals surface area contributed by atoms with Crippen molar-refractivity contribution in [3.05, 3.63) is 35.4 Å². The van der Waals surface area contributed by atoms with Gasteiger partial charge in [-0.1, -0.05) is 19.9 Å². The van der Waals surface area contributed by atoms with Gasteiger partial charge in [0.1, 0.15) is 5.75 Å². The molecule has 1 unspecified atom stereocenters. The van der Waals surface area contributed by atoms with Crippen molar-refractivity contribution in [1.29, 1.82) is 0 Å². The molecule has 0 aromatic heterocycles. The Balaban J connectivity index is 2.98. The largest absolute Gasteiger partial charge is 0.496 e. The predicted octanol–water partition coefficient (Wildman–Crippen LogP) is 3.41. The third-order valence-corrected chi connectivity index (χ3v) is 3.71. The number of ether oxygens (including phenoxy) is 1. The summed E-state index contributed by atoms with van der Waals surface area (Å²) < 4.78 is 5.27. The van der Waals surface area contributed by atoms with Crippen LogP contribution >= 0.6 is 0 Å². The van der Waals surface area contributed by atoms with Crippen LogP contribution in [0.15, 0.2) is 24.3 Å². The minimum Gasteiger partial charge on any atom is -0.496 e. The first-order chi connectivity index (χ1) is 10.0. The molecule has 4 heteroatoms. The van der Waals surface area contributed by atoms with Crippen LogP contribution in [-0.4, -0.2) is 35.7 Å². The molecule has 1 N–H and O–H groups in total. The van der Waals surface area contributed by atoms with E-state index in [9.17, 15) is 4.79 Å². The number of hydrogen-bond acceptors (Lipinski definition) is 3. The van der Waals surface area contributed by atoms with Gasteiger partial charge in [-0.3, -0.25) is 4.90 Å². The number of carboxylic acids is 1. The van der Waals surface area contributed by atoms with E-state index in [1.165, 1.54) is 0 Å². The molecule has 0 spiro atoms. The zero-order chi connectivity index (χ0) is 15.8. The van der Waals surface area contributed by atoms with Gasteiger partial charge in [-0.25, -0.2) is 4.79 Å². The summed E-state index contributed by atoms with van der Waals surface area (Å²) in [6.45, 7) is 8.40. The molecular formula is C17H25NO3. The van der Waals surface area contributed by atoms with Gasteiger partial charge in [-0.05, 0) is 43.7 Å². The van der Waals surface area contributed by atoms with Crippen LogP contribution in [0.2, 0.25) is 0 Å². The van der Waals surface area contributed by atoms with Crippen LogP contribution in [-0.2, 0) is 11.3 Å². The number of nitrogens with zero attached hydrogens (tertiary/aromatic N) is 1. The molecule has 1 rings (SSSR count). The summed E-state index contributed by atoms with van der Waals surface area (Å²) in [7, 11) is 1.59. The molecule has 0 aliphatic carbocycles. The maximum atomic E-state index is 10.7. The van der Waals surface area contributed by atoms with Crippen LogP contribution in [0, 0.1) is 0 Å². The fraction of sp³-hybridized carbons (Fsp3) is 0.471. The second-order valence-corrected chi connectivity index (χ2v) is 5.07. The lowest BCUT2D eigenvalue weighted by molar-refractivity contribution is -0.131. The topological polar surface area (TPSA) is 49.8 Å². The summed E-state index contributed by atoms with van der Waals surface area (Å²) in [6, 6.07) is 6.43. The predicted molar refractivity (Wildman–Crippen MR) is 85.5 cm³/mol. The Morgan fingerprint density at radius 3 is 2.67 bits per heavy atom. The Hall–Kier alpha value is -1.81. The van der Waals surface area contributed by atoms with E-state index in [0.29, 0.717) is 11.8 Å². The van der Waals surface area contributed by atoms with Crippen molar-refractivity contribution >= 4 is 12.0 Å². The highest BCUT2D eigenvalue weighted by Crippen LogP contribution is 2.22. The smallest absolute Gasteiger partial charge is 0.328 e. The summed E-state index contributed by atoms with van der Waals surface area (Å²) in [4.78, 5) is 13.1. The zero-order valence-corrected chi connectivity index (χ0v) is 13.3. The molecule has 0 saturated heterocycles. The van der Waals surface area contributed by atoms with Crippen LogP contribution in [0.25, 0.3) is 6.08 Å². The quantitative estimate of drug-likeness (QED) is 0.746. The molecule has 0 heterocycles. The minimum atomic E-state index is -0.961. The monoisotopic (exact) mass is 291 g/mol. The normalized spacial score (nSPS) is 12.8. The second-order valence-electron chi connectivity index (χ2n) is 5.07. The number of methoxy groups -OCH3 is 1. The molecule has 1 aromatic carbocycles. The Kier molecular flexibility index (Phi) is 6.96. The van der Waals surface area contributed by atoms with Crippen LogP contribution < -0.4 is 4.74 Å². The summed E-state index contributed by atoms with van der Waals surface area (Å²) in [5.74, 6) is -0.278. The maximum Gasteiger partial charge on any atom is 0.328 e. The highest BCUT2D eigenvalue weighted by molar-refractivity contribution is 5.85. The Morgan fingerprint density at radius 2 is 2.14 bits per heavy atom. The van der Waals surface area contributed by atoms with Crippen LogP contribution in [0.5, 0.6) is 5.75 Å². The van der Waals surface area contributed by atoms with Crippen molar-refractivity contribution in [3.8, 4) is 5.75 Å². The van der Waals surface area contributed by atoms with Crippen molar-refractivity contribution < 1.29 is 14.6 Å². The zero-order valence-electron chi connectivity index (χ0n) is 13.3. The Bertz CT molecular complexity index is 497. The number of carbonyl (C=O) groups is 1. The third kappa shape index (κ3) is 5.23. The van der Waals surface area contributed by atoms with Crippen molar-refractivity contribution in [2.75, 3.05) is 13.7 Å². The molecular weight excluding hydrogens is 266 g/mol. The van der Waals surface area contributed by atoms with Crippen molar-refractivity contribution in [3.63, 3.8) is 0 Å². The molecule has 0 amide bonds. The van der Waals surface area contributed by atoms with Gasteiger partial charge in [0.15, 0.2) is 0 Å². The summed E-state index contributed by atoms with van der Waals surface area (Å²) in [5, 5.41) is 8.76. The van der Waals surface area contributed by atoms with E-state index in [0.717, 1.165) is 36.7 Å². The van der Waals surface area contributed by atoms with E-state index < -0.39 is 5.97 Å². The lowest BCUT2D eigenvalue weighted by atomic mass is 10.1. The molecule has 0 radical (unpaired) electrons. The number of carboxylic acid groups (broad SMARTS) is 1. The molecule has 1 atom stereocenters. The van der Waals surface area contributed by atoms with E-state index in [2.05, 4.69) is 25.7 Å². The van der Waals surface area contributed by atoms with Crippen molar-refractivity contribution in [1.82, 2.24) is 4.90 Å². The molecule has 116 valence electrons. The van der Waals surface area contributed by atoms with Crippen LogP contribution in [0.4, 0.5) is 0 Å². The summed E-state index contributed by atoms with van der Waals surface area (Å²) in [5.41, 5.74) is 1.94. The highest BCUT2D eigenvalue weighted by atomic mass is 16.5. The maximum absolute atomic E-state index is 10.7. The van der Waals surface area contributed by atoms with E-state index in [-0.39, 0.29) is 0 Å². The van der Waals surface area contributed by atoms with Gasteiger partial charge >= 0.3 is 5.97 Å². The number of aliphatic carboxylic acids is 1. The second kappa shape index (κ2) is 8.47. The van der Waals surface area contributed by atoms with E-state index >= 15 is 0 Å². The summed E-state index contributed by atoms with van der Waals surface area (Å²) in [6.07, 6.45) is 3.81. The molecule has 1 aromatic rings. The molecule has 0 aliphatic rings. The summed E-state index contributed by atoms with van der Waals surface area (Å²) >= 11 is 0. The van der Waals surface area contributed by atoms with Gasteiger partial charge in [-0.2, -0.15) is 0 Å². The standard InChI is InChI=1S/C17H25NO3/c1-5-13(3)18(6-2)12-14-7-9-16(21-4)15(11-14)8-10-17(19)20/h7-11,13H,5-6,12H2,1-4H3,(H,19,20). The number of hydrogen-bond donors (Lipinski definition) is 1. The first-order valence-corrected chi connectivity index (χ1v) is 7.33. The average molecular weight is 291 g/mol. The highest BCUT2D eigenvalue weighted by Gasteiger charge is 2.11. The molecule has 0 bridgehead atoms. The van der Waals surface area contributed by atoms with Crippen LogP contribution in [0.3, 0.4) is 0 Å². The van der Waals surface area contributed by atoms with Crippen LogP contribution in [0.1, 0.15) is 38.3 Å². The Morgan fingerprint density at radius 1 is 1.43 bits per heavy atom. The van der Waals surface area contributed by atoms with Gasteiger partial charge in [0.05, 0.1) is 7.11 Å². The molecule has 4 nitrogen and oxygen atoms in total. The van der Waals surface area contributed by atoms with E-state index in [1.54, 1.807) is 13.2 Å². The number of benzene rings is 1. The molecule has 21 heavy (non-hydrogen) atoms. The SMILES string of the molecule is CCC(C)N(CC)Cc1ccc(OC)c(C=CC(=O)O)c1. The van der Waals surface area contributed by atoms with Crippen molar-refractivity contribution in [2.24, 2.45) is 0 Å². The van der Waals surface area contributed by atoms with Gasteiger partial charge in [0, 0.05) is 24.2 Å². The van der Waals surface area contributed by atoms with Crippen molar-refractivity contribution in [2.45, 2.75) is 39.8 Å². The third-order valence-electron chi connectivity index (χ3n) is 3.71. The number of rotatable bonds is 8. The minimum absolute atomic E-state index is 0.523. The lowest BCUT2D eigenvalue weighted by Crippen LogP contribution is -2.31. The van der Waals surface area contributed by atoms with E-state index in [4.69, 9.17) is 9.84 Å². The van der Waals surface area contributed by atoms with Gasteiger partial charge in [0.25, 0.3) is 0 Å². The Labute approximate surface area is 127 Å². The molecule has 0 fully saturated rings. The first-order valence-electron chi connectivity index (χ1n) is 7.33. The fourth-order valence-corrected chi connectivity index (χ4v) is 2.25.